The molecule has 2 aliphatic heterocycles. The number of anilines is 2. The molecule has 2 aromatic heterocycles. The second-order valence-corrected chi connectivity index (χ2v) is 10.1. The first-order valence-electron chi connectivity index (χ1n) is 12.6. The molecule has 1 aromatic carbocycles. The van der Waals surface area contributed by atoms with Gasteiger partial charge in [-0.25, -0.2) is 9.97 Å². The highest BCUT2D eigenvalue weighted by atomic mass is 15.3. The van der Waals surface area contributed by atoms with Crippen molar-refractivity contribution < 1.29 is 0 Å². The average Bonchev–Trinajstić information content (AvgIpc) is 2.88. The number of nitriles is 1. The van der Waals surface area contributed by atoms with Gasteiger partial charge in [-0.05, 0) is 56.1 Å². The molecule has 0 saturated carbocycles. The Morgan fingerprint density at radius 2 is 1.83 bits per heavy atom. The Morgan fingerprint density at radius 1 is 1.03 bits per heavy atom. The molecule has 0 spiro atoms. The fourth-order valence-electron chi connectivity index (χ4n) is 5.38. The van der Waals surface area contributed by atoms with Crippen molar-refractivity contribution in [3.63, 3.8) is 0 Å². The van der Waals surface area contributed by atoms with E-state index in [2.05, 4.69) is 67.1 Å². The lowest BCUT2D eigenvalue weighted by molar-refractivity contribution is 0.311. The van der Waals surface area contributed by atoms with E-state index in [-0.39, 0.29) is 0 Å². The zero-order chi connectivity index (χ0) is 24.2. The Hall–Kier alpha value is -3.28. The number of hydrogen-bond acceptors (Lipinski definition) is 8. The van der Waals surface area contributed by atoms with Crippen LogP contribution < -0.4 is 15.1 Å². The second-order valence-electron chi connectivity index (χ2n) is 10.1. The normalized spacial score (nSPS) is 21.3. The van der Waals surface area contributed by atoms with Crippen molar-refractivity contribution in [3.8, 4) is 6.07 Å². The smallest absolute Gasteiger partial charge is 0.225 e. The van der Waals surface area contributed by atoms with E-state index in [9.17, 15) is 5.26 Å². The van der Waals surface area contributed by atoms with Crippen LogP contribution in [-0.4, -0.2) is 72.7 Å². The van der Waals surface area contributed by atoms with Gasteiger partial charge >= 0.3 is 0 Å². The van der Waals surface area contributed by atoms with Crippen LogP contribution in [0.2, 0.25) is 0 Å². The maximum absolute atomic E-state index is 9.48. The zero-order valence-electron chi connectivity index (χ0n) is 20.7. The number of likely N-dealkylation sites (N-methyl/N-ethyl adjacent to an activating group) is 1. The van der Waals surface area contributed by atoms with Crippen LogP contribution in [0, 0.1) is 23.2 Å². The van der Waals surface area contributed by atoms with Crippen LogP contribution in [-0.2, 0) is 6.54 Å². The van der Waals surface area contributed by atoms with Gasteiger partial charge in [0.05, 0.1) is 11.1 Å². The molecule has 8 nitrogen and oxygen atoms in total. The van der Waals surface area contributed by atoms with Gasteiger partial charge in [-0.2, -0.15) is 5.26 Å². The predicted molar refractivity (Wildman–Crippen MR) is 139 cm³/mol. The Labute approximate surface area is 207 Å². The molecular formula is C27H34N8. The topological polar surface area (TPSA) is 84.2 Å². The third-order valence-corrected chi connectivity index (χ3v) is 7.19. The van der Waals surface area contributed by atoms with Gasteiger partial charge in [-0.1, -0.05) is 6.92 Å². The molecule has 2 fully saturated rings. The lowest BCUT2D eigenvalue weighted by Gasteiger charge is -2.38. The molecule has 3 aromatic rings. The average molecular weight is 471 g/mol. The lowest BCUT2D eigenvalue weighted by atomic mass is 9.89. The Kier molecular flexibility index (Phi) is 7.07. The van der Waals surface area contributed by atoms with E-state index in [0.717, 1.165) is 74.8 Å². The van der Waals surface area contributed by atoms with Crippen LogP contribution in [0.1, 0.15) is 24.5 Å². The largest absolute Gasteiger partial charge is 0.370 e. The summed E-state index contributed by atoms with van der Waals surface area (Å²) >= 11 is 0. The summed E-state index contributed by atoms with van der Waals surface area (Å²) in [6.07, 6.45) is 6.88. The van der Waals surface area contributed by atoms with Crippen LogP contribution in [0.4, 0.5) is 11.6 Å². The molecule has 2 atom stereocenters. The number of piperazine rings is 1. The summed E-state index contributed by atoms with van der Waals surface area (Å²) in [4.78, 5) is 20.8. The number of hydrogen-bond donors (Lipinski definition) is 1. The van der Waals surface area contributed by atoms with E-state index < -0.39 is 0 Å². The molecule has 1 N–H and O–H groups in total. The first kappa shape index (κ1) is 23.5. The van der Waals surface area contributed by atoms with Gasteiger partial charge in [0.2, 0.25) is 5.95 Å². The number of nitrogens with zero attached hydrogens (tertiary/aromatic N) is 7. The Balaban J connectivity index is 1.19. The number of rotatable bonds is 6. The van der Waals surface area contributed by atoms with Crippen LogP contribution in [0.5, 0.6) is 0 Å². The number of fused-ring (bicyclic) bond motifs is 1. The summed E-state index contributed by atoms with van der Waals surface area (Å²) in [5, 5.41) is 14.2. The van der Waals surface area contributed by atoms with Gasteiger partial charge in [0.15, 0.2) is 0 Å². The van der Waals surface area contributed by atoms with Crippen molar-refractivity contribution in [2.75, 3.05) is 62.7 Å². The predicted octanol–water partition coefficient (Wildman–Crippen LogP) is 2.90. The van der Waals surface area contributed by atoms with Gasteiger partial charge in [0.25, 0.3) is 0 Å². The number of nitrogens with one attached hydrogen (secondary N) is 1. The van der Waals surface area contributed by atoms with E-state index in [1.807, 2.05) is 24.5 Å². The fraction of sp³-hybridized carbons (Fsp3) is 0.481. The zero-order valence-corrected chi connectivity index (χ0v) is 20.7. The van der Waals surface area contributed by atoms with Crippen molar-refractivity contribution in [3.05, 3.63) is 54.0 Å². The summed E-state index contributed by atoms with van der Waals surface area (Å²) in [7, 11) is 2.16. The third-order valence-electron chi connectivity index (χ3n) is 7.19. The molecule has 4 heterocycles. The van der Waals surface area contributed by atoms with Crippen molar-refractivity contribution in [1.82, 2.24) is 25.2 Å². The van der Waals surface area contributed by atoms with Crippen molar-refractivity contribution in [2.45, 2.75) is 19.9 Å². The van der Waals surface area contributed by atoms with Crippen LogP contribution in [0.15, 0.2) is 42.9 Å². The molecular weight excluding hydrogens is 436 g/mol. The summed E-state index contributed by atoms with van der Waals surface area (Å²) in [6.45, 7) is 10.1. The van der Waals surface area contributed by atoms with Gasteiger partial charge in [-0.15, -0.1) is 0 Å². The van der Waals surface area contributed by atoms with E-state index in [1.165, 1.54) is 12.1 Å². The minimum Gasteiger partial charge on any atom is -0.370 e. The number of benzene rings is 1. The minimum absolute atomic E-state index is 0.548. The molecule has 0 bridgehead atoms. The quantitative estimate of drug-likeness (QED) is 0.589. The second kappa shape index (κ2) is 10.5. The van der Waals surface area contributed by atoms with Crippen LogP contribution in [0.25, 0.3) is 10.9 Å². The molecule has 2 saturated heterocycles. The molecule has 8 heteroatoms. The summed E-state index contributed by atoms with van der Waals surface area (Å²) in [5.41, 5.74) is 3.72. The highest BCUT2D eigenvalue weighted by Gasteiger charge is 2.26. The van der Waals surface area contributed by atoms with Crippen LogP contribution in [0.3, 0.4) is 0 Å². The number of piperidine rings is 1. The molecule has 5 rings (SSSR count). The summed E-state index contributed by atoms with van der Waals surface area (Å²) in [5.74, 6) is 1.98. The van der Waals surface area contributed by atoms with Crippen LogP contribution >= 0.6 is 0 Å². The molecule has 2 aliphatic rings. The van der Waals surface area contributed by atoms with Gasteiger partial charge in [0, 0.05) is 81.0 Å². The molecule has 35 heavy (non-hydrogen) atoms. The van der Waals surface area contributed by atoms with Gasteiger partial charge in [0.1, 0.15) is 6.07 Å². The van der Waals surface area contributed by atoms with E-state index in [1.54, 1.807) is 6.20 Å². The van der Waals surface area contributed by atoms with E-state index in [4.69, 9.17) is 0 Å². The minimum atomic E-state index is 0.548. The standard InChI is InChI=1S/C27H34N8/c1-20-12-21(14-29-15-22-16-31-27(32-17-22)34-10-8-33(2)9-11-34)19-35(18-20)25-6-5-23(13-28)26-24(25)4-3-7-30-26/h3-7,16-17,20-21,29H,8-12,14-15,18-19H2,1-2H3/t20-,21-/m0/s1. The molecule has 0 amide bonds. The molecule has 0 radical (unpaired) electrons. The maximum atomic E-state index is 9.48. The van der Waals surface area contributed by atoms with Crippen molar-refractivity contribution >= 4 is 22.5 Å². The SMILES string of the molecule is C[C@H]1C[C@@H](CNCc2cnc(N3CCN(C)CC3)nc2)CN(c2ccc(C#N)c3ncccc23)C1. The number of pyridine rings is 1. The molecule has 0 unspecified atom stereocenters. The highest BCUT2D eigenvalue weighted by Crippen LogP contribution is 2.32. The number of aromatic nitrogens is 3. The summed E-state index contributed by atoms with van der Waals surface area (Å²) in [6, 6.07) is 10.3. The maximum Gasteiger partial charge on any atom is 0.225 e. The molecule has 182 valence electrons. The highest BCUT2D eigenvalue weighted by molar-refractivity contribution is 5.95. The van der Waals surface area contributed by atoms with E-state index >= 15 is 0 Å². The van der Waals surface area contributed by atoms with Crippen molar-refractivity contribution in [1.29, 1.82) is 5.26 Å². The first-order chi connectivity index (χ1) is 17.1. The van der Waals surface area contributed by atoms with E-state index in [0.29, 0.717) is 17.4 Å². The van der Waals surface area contributed by atoms with Gasteiger partial charge in [-0.3, -0.25) is 4.98 Å². The lowest BCUT2D eigenvalue weighted by Crippen LogP contribution is -2.45. The molecule has 0 aliphatic carbocycles. The monoisotopic (exact) mass is 470 g/mol. The Morgan fingerprint density at radius 3 is 2.60 bits per heavy atom. The fourth-order valence-corrected chi connectivity index (χ4v) is 5.38. The third kappa shape index (κ3) is 5.37. The van der Waals surface area contributed by atoms with Crippen molar-refractivity contribution in [2.24, 2.45) is 11.8 Å². The van der Waals surface area contributed by atoms with Gasteiger partial charge < -0.3 is 20.0 Å². The first-order valence-corrected chi connectivity index (χ1v) is 12.6. The summed E-state index contributed by atoms with van der Waals surface area (Å²) < 4.78 is 0. The Bertz CT molecular complexity index is 1180.